The van der Waals surface area contributed by atoms with Crippen molar-refractivity contribution in [1.82, 2.24) is 14.3 Å². The molecule has 176 valence electrons. The molecule has 33 heavy (non-hydrogen) atoms. The summed E-state index contributed by atoms with van der Waals surface area (Å²) in [5, 5.41) is 8.07. The minimum atomic E-state index is -3.47. The van der Waals surface area contributed by atoms with Crippen LogP contribution in [0.25, 0.3) is 10.9 Å². The summed E-state index contributed by atoms with van der Waals surface area (Å²) < 4.78 is 36.5. The van der Waals surface area contributed by atoms with Crippen LogP contribution >= 0.6 is 0 Å². The smallest absolute Gasteiger partial charge is 0.274 e. The molecule has 1 aliphatic carbocycles. The largest absolute Gasteiger partial charge is 0.496 e. The van der Waals surface area contributed by atoms with Gasteiger partial charge in [0.15, 0.2) is 0 Å². The van der Waals surface area contributed by atoms with E-state index in [-0.39, 0.29) is 23.4 Å². The third kappa shape index (κ3) is 5.09. The maximum Gasteiger partial charge on any atom is 0.274 e. The van der Waals surface area contributed by atoms with Crippen molar-refractivity contribution in [3.63, 3.8) is 0 Å². The number of methoxy groups -OCH3 is 1. The van der Waals surface area contributed by atoms with Gasteiger partial charge in [0, 0.05) is 30.9 Å². The molecule has 11 heteroatoms. The number of anilines is 1. The fourth-order valence-corrected chi connectivity index (χ4v) is 4.83. The number of carbonyl (C=O) groups excluding carboxylic acids is 1. The van der Waals surface area contributed by atoms with Crippen molar-refractivity contribution >= 4 is 32.6 Å². The molecule has 3 aromatic rings. The van der Waals surface area contributed by atoms with E-state index in [2.05, 4.69) is 10.4 Å². The third-order valence-corrected chi connectivity index (χ3v) is 6.41. The number of ether oxygens (including phenoxy) is 1. The summed E-state index contributed by atoms with van der Waals surface area (Å²) in [6, 6.07) is 6.72. The summed E-state index contributed by atoms with van der Waals surface area (Å²) in [6.45, 7) is 0. The Hall–Kier alpha value is -3.18. The molecule has 1 N–H and O–H groups in total. The second kappa shape index (κ2) is 8.99. The van der Waals surface area contributed by atoms with Gasteiger partial charge in [0.25, 0.3) is 21.6 Å². The van der Waals surface area contributed by atoms with Gasteiger partial charge in [0.05, 0.1) is 36.6 Å². The highest BCUT2D eigenvalue weighted by atomic mass is 32.2. The summed E-state index contributed by atoms with van der Waals surface area (Å²) in [5.41, 5.74) is 0.833. The van der Waals surface area contributed by atoms with E-state index in [1.165, 1.54) is 11.7 Å². The van der Waals surface area contributed by atoms with Gasteiger partial charge in [-0.15, -0.1) is 0 Å². The highest BCUT2D eigenvalue weighted by Gasteiger charge is 2.26. The molecule has 1 aromatic carbocycles. The Morgan fingerprint density at radius 3 is 2.61 bits per heavy atom. The van der Waals surface area contributed by atoms with E-state index >= 15 is 0 Å². The first kappa shape index (κ1) is 23.0. The van der Waals surface area contributed by atoms with Gasteiger partial charge >= 0.3 is 0 Å². The number of amides is 1. The maximum absolute atomic E-state index is 12.9. The highest BCUT2D eigenvalue weighted by molar-refractivity contribution is 7.86. The average molecular weight is 475 g/mol. The molecular weight excluding hydrogens is 448 g/mol. The van der Waals surface area contributed by atoms with E-state index in [1.807, 2.05) is 10.9 Å². The molecule has 0 radical (unpaired) electrons. The molecular formula is C22H26N4O6S. The highest BCUT2D eigenvalue weighted by Crippen LogP contribution is 2.33. The number of rotatable bonds is 6. The zero-order chi connectivity index (χ0) is 23.8. The van der Waals surface area contributed by atoms with Gasteiger partial charge in [0.2, 0.25) is 0 Å². The quantitative estimate of drug-likeness (QED) is 0.545. The van der Waals surface area contributed by atoms with Gasteiger partial charge in [-0.05, 0) is 43.9 Å². The van der Waals surface area contributed by atoms with Gasteiger partial charge in [-0.1, -0.05) is 0 Å². The lowest BCUT2D eigenvalue weighted by atomic mass is 9.93. The van der Waals surface area contributed by atoms with Crippen LogP contribution in [0.1, 0.15) is 42.1 Å². The van der Waals surface area contributed by atoms with Gasteiger partial charge in [-0.3, -0.25) is 18.5 Å². The number of carbonyl (C=O) groups is 1. The molecule has 0 spiro atoms. The Bertz CT molecular complexity index is 1350. The van der Waals surface area contributed by atoms with E-state index in [1.54, 1.807) is 37.5 Å². The molecule has 0 atom stereocenters. The summed E-state index contributed by atoms with van der Waals surface area (Å²) >= 11 is 0. The van der Waals surface area contributed by atoms with Gasteiger partial charge in [-0.2, -0.15) is 13.5 Å². The number of nitrogens with zero attached hydrogens (tertiary/aromatic N) is 3. The second-order valence-corrected chi connectivity index (χ2v) is 9.84. The monoisotopic (exact) mass is 474 g/mol. The second-order valence-electron chi connectivity index (χ2n) is 8.24. The Morgan fingerprint density at radius 1 is 1.21 bits per heavy atom. The lowest BCUT2D eigenvalue weighted by molar-refractivity contribution is 0.102. The lowest BCUT2D eigenvalue weighted by Gasteiger charge is -2.27. The molecule has 2 aromatic heterocycles. The average Bonchev–Trinajstić information content (AvgIpc) is 3.18. The van der Waals surface area contributed by atoms with Crippen LogP contribution in [-0.4, -0.2) is 48.1 Å². The minimum Gasteiger partial charge on any atom is -0.496 e. The molecule has 10 nitrogen and oxygen atoms in total. The van der Waals surface area contributed by atoms with E-state index in [4.69, 9.17) is 8.92 Å². The van der Waals surface area contributed by atoms with Crippen LogP contribution in [0.3, 0.4) is 0 Å². The standard InChI is InChI=1S/C22H26N4O6S/c1-25-10-4-5-18(22(25)28)23-21(27)17-11-14-13-26(24-19(14)12-20(17)31-2)15-6-8-16(9-7-15)32-33(3,29)30/h4-5,10-13,15-16H,6-9H2,1-3H3,(H,23,27). The fourth-order valence-electron chi connectivity index (χ4n) is 4.14. The molecule has 1 aliphatic rings. The van der Waals surface area contributed by atoms with E-state index in [0.29, 0.717) is 29.7 Å². The van der Waals surface area contributed by atoms with Crippen molar-refractivity contribution in [2.24, 2.45) is 7.05 Å². The molecule has 0 aliphatic heterocycles. The zero-order valence-corrected chi connectivity index (χ0v) is 19.5. The zero-order valence-electron chi connectivity index (χ0n) is 18.6. The van der Waals surface area contributed by atoms with Crippen LogP contribution in [0.2, 0.25) is 0 Å². The number of nitrogens with one attached hydrogen (secondary N) is 1. The summed E-state index contributed by atoms with van der Waals surface area (Å²) in [4.78, 5) is 25.2. The maximum atomic E-state index is 12.9. The number of pyridine rings is 1. The van der Waals surface area contributed by atoms with Crippen LogP contribution in [0.4, 0.5) is 5.69 Å². The van der Waals surface area contributed by atoms with Crippen molar-refractivity contribution in [3.05, 3.63) is 52.6 Å². The van der Waals surface area contributed by atoms with Crippen molar-refractivity contribution in [2.75, 3.05) is 18.7 Å². The van der Waals surface area contributed by atoms with Crippen LogP contribution in [-0.2, 0) is 21.3 Å². The number of aromatic nitrogens is 3. The molecule has 1 saturated carbocycles. The molecule has 1 amide bonds. The van der Waals surface area contributed by atoms with Gasteiger partial charge < -0.3 is 14.6 Å². The van der Waals surface area contributed by atoms with Gasteiger partial charge in [-0.25, -0.2) is 0 Å². The Balaban J connectivity index is 1.56. The fraction of sp³-hybridized carbons (Fsp3) is 0.409. The van der Waals surface area contributed by atoms with Crippen molar-refractivity contribution in [3.8, 4) is 5.75 Å². The first-order valence-electron chi connectivity index (χ1n) is 10.6. The van der Waals surface area contributed by atoms with Crippen molar-refractivity contribution in [1.29, 1.82) is 0 Å². The number of aryl methyl sites for hydroxylation is 1. The summed E-state index contributed by atoms with van der Waals surface area (Å²) in [6.07, 6.45) is 6.95. The topological polar surface area (TPSA) is 122 Å². The normalized spacial score (nSPS) is 18.9. The van der Waals surface area contributed by atoms with E-state index in [0.717, 1.165) is 24.5 Å². The molecule has 0 bridgehead atoms. The van der Waals surface area contributed by atoms with E-state index in [9.17, 15) is 18.0 Å². The number of hydrogen-bond acceptors (Lipinski definition) is 7. The molecule has 1 fully saturated rings. The Kier molecular flexibility index (Phi) is 6.26. The van der Waals surface area contributed by atoms with Crippen LogP contribution in [0.15, 0.2) is 41.5 Å². The summed E-state index contributed by atoms with van der Waals surface area (Å²) in [7, 11) is -0.387. The van der Waals surface area contributed by atoms with Crippen molar-refractivity contribution < 1.29 is 22.1 Å². The first-order chi connectivity index (χ1) is 15.6. The van der Waals surface area contributed by atoms with Crippen LogP contribution < -0.4 is 15.6 Å². The van der Waals surface area contributed by atoms with Gasteiger partial charge in [0.1, 0.15) is 11.4 Å². The van der Waals surface area contributed by atoms with Crippen LogP contribution in [0.5, 0.6) is 5.75 Å². The summed E-state index contributed by atoms with van der Waals surface area (Å²) in [5.74, 6) is -0.105. The predicted molar refractivity (Wildman–Crippen MR) is 123 cm³/mol. The SMILES string of the molecule is COc1cc2nn(C3CCC(OS(C)(=O)=O)CC3)cc2cc1C(=O)Nc1cccn(C)c1=O. The molecule has 0 saturated heterocycles. The van der Waals surface area contributed by atoms with E-state index < -0.39 is 16.0 Å². The molecule has 0 unspecified atom stereocenters. The molecule has 2 heterocycles. The predicted octanol–water partition coefficient (Wildman–Crippen LogP) is 2.46. The molecule has 4 rings (SSSR count). The lowest BCUT2D eigenvalue weighted by Crippen LogP contribution is -2.25. The Morgan fingerprint density at radius 2 is 1.94 bits per heavy atom. The number of benzene rings is 1. The third-order valence-electron chi connectivity index (χ3n) is 5.79. The first-order valence-corrected chi connectivity index (χ1v) is 12.4. The van der Waals surface area contributed by atoms with Crippen LogP contribution in [0, 0.1) is 0 Å². The van der Waals surface area contributed by atoms with Crippen molar-refractivity contribution in [2.45, 2.75) is 37.8 Å². The minimum absolute atomic E-state index is 0.104. The number of hydrogen-bond donors (Lipinski definition) is 1. The Labute approximate surface area is 191 Å². The number of fused-ring (bicyclic) bond motifs is 1.